The summed E-state index contributed by atoms with van der Waals surface area (Å²) in [5, 5.41) is 1.63. The molecule has 1 aromatic heterocycles. The van der Waals surface area contributed by atoms with Crippen LogP contribution in [0.25, 0.3) is 10.8 Å². The monoisotopic (exact) mass is 216 g/mol. The minimum absolute atomic E-state index is 0.225. The van der Waals surface area contributed by atoms with Crippen LogP contribution >= 0.6 is 0 Å². The van der Waals surface area contributed by atoms with E-state index in [1.165, 1.54) is 0 Å². The molecule has 16 heavy (non-hydrogen) atoms. The van der Waals surface area contributed by atoms with Gasteiger partial charge in [0, 0.05) is 6.42 Å². The molecular weight excluding hydrogens is 200 g/mol. The molecule has 0 aliphatic carbocycles. The van der Waals surface area contributed by atoms with Gasteiger partial charge in [0.1, 0.15) is 5.76 Å². The molecule has 0 unspecified atom stereocenters. The Hall–Kier alpha value is -1.57. The first-order valence-corrected chi connectivity index (χ1v) is 5.68. The molecule has 0 spiro atoms. The molecule has 0 saturated carbocycles. The maximum atomic E-state index is 11.7. The Bertz CT molecular complexity index is 538. The molecule has 2 heteroatoms. The van der Waals surface area contributed by atoms with Crippen LogP contribution in [0.5, 0.6) is 0 Å². The van der Waals surface area contributed by atoms with Gasteiger partial charge < -0.3 is 4.42 Å². The molecule has 0 radical (unpaired) electrons. The molecule has 2 rings (SSSR count). The first kappa shape index (κ1) is 10.9. The first-order valence-electron chi connectivity index (χ1n) is 5.68. The van der Waals surface area contributed by atoms with Gasteiger partial charge in [-0.2, -0.15) is 0 Å². The average Bonchev–Trinajstić information content (AvgIpc) is 2.26. The van der Waals surface area contributed by atoms with E-state index in [1.807, 2.05) is 24.3 Å². The maximum absolute atomic E-state index is 11.7. The standard InChI is InChI=1S/C14H16O2/c1-10(2)7-8-12-9-11-5-3-4-6-13(11)14(15)16-12/h3-6,9-10H,7-8H2,1-2H3. The molecule has 0 aliphatic heterocycles. The Morgan fingerprint density at radius 3 is 2.75 bits per heavy atom. The highest BCUT2D eigenvalue weighted by molar-refractivity contribution is 5.81. The maximum Gasteiger partial charge on any atom is 0.343 e. The zero-order chi connectivity index (χ0) is 11.5. The quantitative estimate of drug-likeness (QED) is 0.787. The van der Waals surface area contributed by atoms with Gasteiger partial charge >= 0.3 is 5.63 Å². The fraction of sp³-hybridized carbons (Fsp3) is 0.357. The van der Waals surface area contributed by atoms with Crippen molar-refractivity contribution in [3.8, 4) is 0 Å². The van der Waals surface area contributed by atoms with Crippen molar-refractivity contribution in [3.63, 3.8) is 0 Å². The Balaban J connectivity index is 2.38. The first-order chi connectivity index (χ1) is 7.66. The number of hydrogen-bond donors (Lipinski definition) is 0. The average molecular weight is 216 g/mol. The molecule has 2 aromatic rings. The molecule has 1 heterocycles. The summed E-state index contributed by atoms with van der Waals surface area (Å²) >= 11 is 0. The van der Waals surface area contributed by atoms with E-state index in [-0.39, 0.29) is 5.63 Å². The predicted molar refractivity (Wildman–Crippen MR) is 65.6 cm³/mol. The largest absolute Gasteiger partial charge is 0.427 e. The zero-order valence-corrected chi connectivity index (χ0v) is 9.69. The third-order valence-corrected chi connectivity index (χ3v) is 2.69. The second-order valence-electron chi connectivity index (χ2n) is 4.52. The molecule has 1 aromatic carbocycles. The van der Waals surface area contributed by atoms with Gasteiger partial charge in [-0.3, -0.25) is 0 Å². The van der Waals surface area contributed by atoms with E-state index < -0.39 is 0 Å². The summed E-state index contributed by atoms with van der Waals surface area (Å²) in [5.41, 5.74) is -0.225. The predicted octanol–water partition coefficient (Wildman–Crippen LogP) is 3.38. The summed E-state index contributed by atoms with van der Waals surface area (Å²) in [4.78, 5) is 11.7. The molecule has 84 valence electrons. The van der Waals surface area contributed by atoms with E-state index in [2.05, 4.69) is 13.8 Å². The van der Waals surface area contributed by atoms with Gasteiger partial charge in [-0.1, -0.05) is 32.0 Å². The molecule has 0 fully saturated rings. The van der Waals surface area contributed by atoms with E-state index in [9.17, 15) is 4.79 Å². The Morgan fingerprint density at radius 1 is 1.25 bits per heavy atom. The molecular formula is C14H16O2. The highest BCUT2D eigenvalue weighted by atomic mass is 16.4. The zero-order valence-electron chi connectivity index (χ0n) is 9.69. The van der Waals surface area contributed by atoms with E-state index >= 15 is 0 Å². The molecule has 0 atom stereocenters. The normalized spacial score (nSPS) is 11.2. The number of benzene rings is 1. The lowest BCUT2D eigenvalue weighted by Gasteiger charge is -2.04. The van der Waals surface area contributed by atoms with Gasteiger partial charge in [0.05, 0.1) is 5.39 Å². The van der Waals surface area contributed by atoms with Crippen LogP contribution in [0.3, 0.4) is 0 Å². The number of fused-ring (bicyclic) bond motifs is 1. The van der Waals surface area contributed by atoms with E-state index in [0.717, 1.165) is 24.0 Å². The van der Waals surface area contributed by atoms with Crippen molar-refractivity contribution in [1.29, 1.82) is 0 Å². The Morgan fingerprint density at radius 2 is 2.00 bits per heavy atom. The fourth-order valence-electron chi connectivity index (χ4n) is 1.74. The second-order valence-corrected chi connectivity index (χ2v) is 4.52. The highest BCUT2D eigenvalue weighted by Gasteiger charge is 2.04. The summed E-state index contributed by atoms with van der Waals surface area (Å²) in [6.07, 6.45) is 1.87. The number of hydrogen-bond acceptors (Lipinski definition) is 2. The van der Waals surface area contributed by atoms with E-state index in [0.29, 0.717) is 11.3 Å². The minimum atomic E-state index is -0.225. The van der Waals surface area contributed by atoms with Crippen LogP contribution < -0.4 is 5.63 Å². The molecule has 0 bridgehead atoms. The third-order valence-electron chi connectivity index (χ3n) is 2.69. The van der Waals surface area contributed by atoms with E-state index in [1.54, 1.807) is 6.07 Å². The second kappa shape index (κ2) is 4.52. The van der Waals surface area contributed by atoms with Crippen LogP contribution in [0.1, 0.15) is 26.0 Å². The van der Waals surface area contributed by atoms with Gasteiger partial charge in [0.2, 0.25) is 0 Å². The van der Waals surface area contributed by atoms with Crippen molar-refractivity contribution >= 4 is 10.8 Å². The van der Waals surface area contributed by atoms with Crippen LogP contribution in [0.2, 0.25) is 0 Å². The van der Waals surface area contributed by atoms with Gasteiger partial charge in [-0.05, 0) is 29.9 Å². The minimum Gasteiger partial charge on any atom is -0.427 e. The topological polar surface area (TPSA) is 30.2 Å². The van der Waals surface area contributed by atoms with Crippen LogP contribution in [-0.2, 0) is 6.42 Å². The summed E-state index contributed by atoms with van der Waals surface area (Å²) in [6, 6.07) is 9.51. The smallest absolute Gasteiger partial charge is 0.343 e. The van der Waals surface area contributed by atoms with Crippen molar-refractivity contribution in [2.45, 2.75) is 26.7 Å². The van der Waals surface area contributed by atoms with Crippen molar-refractivity contribution in [3.05, 3.63) is 46.5 Å². The fourth-order valence-corrected chi connectivity index (χ4v) is 1.74. The summed E-state index contributed by atoms with van der Waals surface area (Å²) < 4.78 is 5.29. The summed E-state index contributed by atoms with van der Waals surface area (Å²) in [6.45, 7) is 4.33. The molecule has 0 saturated heterocycles. The van der Waals surface area contributed by atoms with Crippen LogP contribution in [0.15, 0.2) is 39.5 Å². The lowest BCUT2D eigenvalue weighted by atomic mass is 10.1. The Labute approximate surface area is 94.9 Å². The van der Waals surface area contributed by atoms with E-state index in [4.69, 9.17) is 4.42 Å². The number of rotatable bonds is 3. The summed E-state index contributed by atoms with van der Waals surface area (Å²) in [5.74, 6) is 1.41. The molecule has 0 N–H and O–H groups in total. The number of aryl methyl sites for hydroxylation is 1. The van der Waals surface area contributed by atoms with Gasteiger partial charge in [-0.15, -0.1) is 0 Å². The van der Waals surface area contributed by atoms with Crippen LogP contribution in [0.4, 0.5) is 0 Å². The SMILES string of the molecule is CC(C)CCc1cc2ccccc2c(=O)o1. The van der Waals surface area contributed by atoms with Crippen molar-refractivity contribution < 1.29 is 4.42 Å². The molecule has 2 nitrogen and oxygen atoms in total. The van der Waals surface area contributed by atoms with Gasteiger partial charge in [0.25, 0.3) is 0 Å². The van der Waals surface area contributed by atoms with Crippen LogP contribution in [-0.4, -0.2) is 0 Å². The molecule has 0 aliphatic rings. The lowest BCUT2D eigenvalue weighted by Crippen LogP contribution is -2.03. The van der Waals surface area contributed by atoms with Crippen molar-refractivity contribution in [1.82, 2.24) is 0 Å². The van der Waals surface area contributed by atoms with Crippen molar-refractivity contribution in [2.24, 2.45) is 5.92 Å². The summed E-state index contributed by atoms with van der Waals surface area (Å²) in [7, 11) is 0. The van der Waals surface area contributed by atoms with Gasteiger partial charge in [-0.25, -0.2) is 4.79 Å². The molecule has 0 amide bonds. The third kappa shape index (κ3) is 2.32. The van der Waals surface area contributed by atoms with Crippen molar-refractivity contribution in [2.75, 3.05) is 0 Å². The van der Waals surface area contributed by atoms with Crippen LogP contribution in [0, 0.1) is 5.92 Å². The lowest BCUT2D eigenvalue weighted by molar-refractivity contribution is 0.443. The van der Waals surface area contributed by atoms with Gasteiger partial charge in [0.15, 0.2) is 0 Å². The highest BCUT2D eigenvalue weighted by Crippen LogP contribution is 2.14. The Kier molecular flexibility index (Phi) is 3.09.